The van der Waals surface area contributed by atoms with Gasteiger partial charge in [-0.1, -0.05) is 6.07 Å². The van der Waals surface area contributed by atoms with Gasteiger partial charge in [-0.3, -0.25) is 9.69 Å². The number of hydrogen-bond acceptors (Lipinski definition) is 8. The van der Waals surface area contributed by atoms with Crippen molar-refractivity contribution >= 4 is 12.1 Å². The number of morpholine rings is 1. The minimum Gasteiger partial charge on any atom is -0.504 e. The van der Waals surface area contributed by atoms with E-state index in [0.29, 0.717) is 24.5 Å². The van der Waals surface area contributed by atoms with Gasteiger partial charge in [-0.2, -0.15) is 5.10 Å². The van der Waals surface area contributed by atoms with Crippen LogP contribution in [0.3, 0.4) is 0 Å². The van der Waals surface area contributed by atoms with Gasteiger partial charge in [0, 0.05) is 26.1 Å². The molecule has 1 heterocycles. The van der Waals surface area contributed by atoms with Gasteiger partial charge in [0.25, 0.3) is 0 Å². The third kappa shape index (κ3) is 7.14. The van der Waals surface area contributed by atoms with Gasteiger partial charge in [-0.05, 0) is 47.9 Å². The minimum atomic E-state index is -0.260. The molecule has 1 aliphatic heterocycles. The molecule has 9 heteroatoms. The number of benzene rings is 2. The summed E-state index contributed by atoms with van der Waals surface area (Å²) >= 11 is 0. The lowest BCUT2D eigenvalue weighted by Gasteiger charge is -2.26. The van der Waals surface area contributed by atoms with E-state index >= 15 is 0 Å². The molecular weight excluding hydrogens is 414 g/mol. The van der Waals surface area contributed by atoms with Crippen molar-refractivity contribution in [1.82, 2.24) is 10.3 Å². The molecule has 0 unspecified atom stereocenters. The number of methoxy groups -OCH3 is 1. The number of carbonyl (C=O) groups is 1. The lowest BCUT2D eigenvalue weighted by atomic mass is 10.1. The molecule has 0 bridgehead atoms. The number of aryl methyl sites for hydroxylation is 1. The number of hydrogen-bond donors (Lipinski definition) is 3. The maximum absolute atomic E-state index is 12.0. The van der Waals surface area contributed by atoms with E-state index < -0.39 is 0 Å². The highest BCUT2D eigenvalue weighted by atomic mass is 16.5. The molecule has 1 saturated heterocycles. The molecule has 0 atom stereocenters. The van der Waals surface area contributed by atoms with Crippen molar-refractivity contribution in [3.63, 3.8) is 0 Å². The van der Waals surface area contributed by atoms with Crippen LogP contribution in [-0.2, 0) is 16.0 Å². The topological polar surface area (TPSA) is 113 Å². The fourth-order valence-corrected chi connectivity index (χ4v) is 3.21. The van der Waals surface area contributed by atoms with Crippen molar-refractivity contribution < 1.29 is 29.2 Å². The molecule has 1 aliphatic rings. The second-order valence-electron chi connectivity index (χ2n) is 7.33. The smallest absolute Gasteiger partial charge is 0.240 e. The molecule has 9 nitrogen and oxygen atoms in total. The van der Waals surface area contributed by atoms with Crippen LogP contribution in [0.1, 0.15) is 17.5 Å². The van der Waals surface area contributed by atoms with Crippen LogP contribution in [0.2, 0.25) is 0 Å². The van der Waals surface area contributed by atoms with Gasteiger partial charge in [0.2, 0.25) is 5.91 Å². The number of phenolic OH excluding ortho intramolecular Hbond substituents is 2. The molecule has 0 radical (unpaired) electrons. The Morgan fingerprint density at radius 2 is 1.97 bits per heavy atom. The van der Waals surface area contributed by atoms with E-state index in [4.69, 9.17) is 14.2 Å². The van der Waals surface area contributed by atoms with Gasteiger partial charge in [0.1, 0.15) is 6.61 Å². The minimum absolute atomic E-state index is 0.188. The number of phenols is 2. The fraction of sp³-hybridized carbons (Fsp3) is 0.391. The normalized spacial score (nSPS) is 14.4. The first-order valence-electron chi connectivity index (χ1n) is 10.5. The fourth-order valence-electron chi connectivity index (χ4n) is 3.21. The van der Waals surface area contributed by atoms with E-state index in [2.05, 4.69) is 15.4 Å². The van der Waals surface area contributed by atoms with Crippen LogP contribution in [0.4, 0.5) is 0 Å². The maximum atomic E-state index is 12.0. The summed E-state index contributed by atoms with van der Waals surface area (Å²) in [6.07, 6.45) is 2.14. The molecular formula is C23H29N3O6. The Kier molecular flexibility index (Phi) is 8.70. The monoisotopic (exact) mass is 443 g/mol. The number of rotatable bonds is 10. The molecule has 0 aliphatic carbocycles. The lowest BCUT2D eigenvalue weighted by molar-refractivity contribution is -0.121. The van der Waals surface area contributed by atoms with Crippen molar-refractivity contribution in [2.24, 2.45) is 5.10 Å². The van der Waals surface area contributed by atoms with Crippen LogP contribution in [0.25, 0.3) is 0 Å². The Labute approximate surface area is 187 Å². The number of ether oxygens (including phenoxy) is 3. The van der Waals surface area contributed by atoms with Crippen LogP contribution in [0.15, 0.2) is 41.5 Å². The van der Waals surface area contributed by atoms with Crippen LogP contribution < -0.4 is 14.9 Å². The average molecular weight is 444 g/mol. The molecule has 172 valence electrons. The summed E-state index contributed by atoms with van der Waals surface area (Å²) in [6, 6.07) is 9.92. The Balaban J connectivity index is 1.45. The second-order valence-corrected chi connectivity index (χ2v) is 7.33. The summed E-state index contributed by atoms with van der Waals surface area (Å²) in [6.45, 7) is 4.73. The standard InChI is InChI=1S/C23H29N3O6/c1-30-22-15-18(3-6-21(22)32-13-10-26-8-11-31-12-9-26)16-24-25-23(29)7-4-17-2-5-19(27)20(28)14-17/h2-3,5-6,14-16,27-28H,4,7-13H2,1H3,(H,25,29). The summed E-state index contributed by atoms with van der Waals surface area (Å²) in [7, 11) is 1.58. The Hall–Kier alpha value is -3.30. The van der Waals surface area contributed by atoms with Crippen LogP contribution in [0.5, 0.6) is 23.0 Å². The van der Waals surface area contributed by atoms with Gasteiger partial charge in [-0.15, -0.1) is 0 Å². The van der Waals surface area contributed by atoms with E-state index in [9.17, 15) is 15.0 Å². The van der Waals surface area contributed by atoms with Crippen LogP contribution in [0, 0.1) is 0 Å². The Bertz CT molecular complexity index is 928. The van der Waals surface area contributed by atoms with E-state index in [1.807, 2.05) is 12.1 Å². The second kappa shape index (κ2) is 11.9. The lowest BCUT2D eigenvalue weighted by Crippen LogP contribution is -2.38. The number of amides is 1. The van der Waals surface area contributed by atoms with Crippen LogP contribution >= 0.6 is 0 Å². The van der Waals surface area contributed by atoms with Gasteiger partial charge < -0.3 is 24.4 Å². The van der Waals surface area contributed by atoms with Gasteiger partial charge in [0.05, 0.1) is 26.5 Å². The molecule has 3 rings (SSSR count). The molecule has 3 N–H and O–H groups in total. The Morgan fingerprint density at radius 1 is 1.16 bits per heavy atom. The molecule has 32 heavy (non-hydrogen) atoms. The molecule has 0 spiro atoms. The quantitative estimate of drug-likeness (QED) is 0.292. The SMILES string of the molecule is COc1cc(C=NNC(=O)CCc2ccc(O)c(O)c2)ccc1OCCN1CCOCC1. The van der Waals surface area contributed by atoms with Gasteiger partial charge in [-0.25, -0.2) is 5.43 Å². The zero-order valence-corrected chi connectivity index (χ0v) is 18.1. The Morgan fingerprint density at radius 3 is 2.72 bits per heavy atom. The molecule has 1 amide bonds. The maximum Gasteiger partial charge on any atom is 0.240 e. The summed E-state index contributed by atoms with van der Waals surface area (Å²) in [5.74, 6) is 0.590. The number of nitrogens with one attached hydrogen (secondary N) is 1. The summed E-state index contributed by atoms with van der Waals surface area (Å²) in [5.41, 5.74) is 3.98. The predicted octanol–water partition coefficient (Wildman–Crippen LogP) is 1.90. The number of carbonyl (C=O) groups excluding carboxylic acids is 1. The van der Waals surface area contributed by atoms with Crippen molar-refractivity contribution in [2.45, 2.75) is 12.8 Å². The van der Waals surface area contributed by atoms with Gasteiger partial charge in [0.15, 0.2) is 23.0 Å². The summed E-state index contributed by atoms with van der Waals surface area (Å²) < 4.78 is 16.6. The van der Waals surface area contributed by atoms with E-state index in [1.165, 1.54) is 18.3 Å². The van der Waals surface area contributed by atoms with Crippen molar-refractivity contribution in [1.29, 1.82) is 0 Å². The third-order valence-corrected chi connectivity index (χ3v) is 5.04. The van der Waals surface area contributed by atoms with E-state index in [1.54, 1.807) is 19.2 Å². The molecule has 0 saturated carbocycles. The summed E-state index contributed by atoms with van der Waals surface area (Å²) in [5, 5.41) is 22.8. The molecule has 1 fully saturated rings. The van der Waals surface area contributed by atoms with E-state index in [-0.39, 0.29) is 23.8 Å². The van der Waals surface area contributed by atoms with Crippen molar-refractivity contribution in [3.8, 4) is 23.0 Å². The number of nitrogens with zero attached hydrogens (tertiary/aromatic N) is 2. The molecule has 0 aromatic heterocycles. The van der Waals surface area contributed by atoms with Crippen molar-refractivity contribution in [2.75, 3.05) is 46.6 Å². The van der Waals surface area contributed by atoms with Crippen molar-refractivity contribution in [3.05, 3.63) is 47.5 Å². The third-order valence-electron chi connectivity index (χ3n) is 5.04. The highest BCUT2D eigenvalue weighted by molar-refractivity contribution is 5.83. The number of hydrazone groups is 1. The highest BCUT2D eigenvalue weighted by Crippen LogP contribution is 2.27. The largest absolute Gasteiger partial charge is 0.504 e. The zero-order valence-electron chi connectivity index (χ0n) is 18.1. The number of aromatic hydroxyl groups is 2. The summed E-state index contributed by atoms with van der Waals surface area (Å²) in [4.78, 5) is 14.3. The van der Waals surface area contributed by atoms with Gasteiger partial charge >= 0.3 is 0 Å². The first-order chi connectivity index (χ1) is 15.5. The molecule has 2 aromatic rings. The first-order valence-corrected chi connectivity index (χ1v) is 10.5. The predicted molar refractivity (Wildman–Crippen MR) is 120 cm³/mol. The zero-order chi connectivity index (χ0) is 22.8. The van der Waals surface area contributed by atoms with E-state index in [0.717, 1.165) is 44.0 Å². The average Bonchev–Trinajstić information content (AvgIpc) is 2.81. The molecule has 2 aromatic carbocycles. The first kappa shape index (κ1) is 23.4. The highest BCUT2D eigenvalue weighted by Gasteiger charge is 2.11. The van der Waals surface area contributed by atoms with Crippen LogP contribution in [-0.4, -0.2) is 73.8 Å².